The number of esters is 1. The molecule has 3 rings (SSSR count). The van der Waals surface area contributed by atoms with Crippen molar-refractivity contribution in [2.75, 3.05) is 4.90 Å². The standard InChI is InChI=1S/C20H22N2O3S/c1-12(2)25-19(23)17-14(4)22(16-7-5-13(3)6-8-16)20(24)21-18(17)15-9-10-26-11-15/h5-12,18H,1-4H3,(H,21,24)/t18-/m0/s1. The van der Waals surface area contributed by atoms with E-state index in [0.29, 0.717) is 17.0 Å². The number of nitrogens with zero attached hydrogens (tertiary/aromatic N) is 1. The summed E-state index contributed by atoms with van der Waals surface area (Å²) in [6, 6.07) is 8.75. The Kier molecular flexibility index (Phi) is 5.13. The van der Waals surface area contributed by atoms with E-state index >= 15 is 0 Å². The van der Waals surface area contributed by atoms with Crippen LogP contribution in [0.3, 0.4) is 0 Å². The molecule has 0 bridgehead atoms. The fourth-order valence-electron chi connectivity index (χ4n) is 2.98. The normalized spacial score (nSPS) is 17.5. The number of hydrogen-bond donors (Lipinski definition) is 1. The largest absolute Gasteiger partial charge is 0.459 e. The van der Waals surface area contributed by atoms with E-state index in [2.05, 4.69) is 5.32 Å². The molecule has 26 heavy (non-hydrogen) atoms. The monoisotopic (exact) mass is 370 g/mol. The number of thiophene rings is 1. The summed E-state index contributed by atoms with van der Waals surface area (Å²) < 4.78 is 5.46. The maximum atomic E-state index is 12.8. The van der Waals surface area contributed by atoms with Gasteiger partial charge in [-0.05, 0) is 62.2 Å². The van der Waals surface area contributed by atoms with E-state index in [0.717, 1.165) is 11.1 Å². The number of aryl methyl sites for hydroxylation is 1. The Morgan fingerprint density at radius 1 is 1.19 bits per heavy atom. The van der Waals surface area contributed by atoms with Gasteiger partial charge in [0.1, 0.15) is 0 Å². The van der Waals surface area contributed by atoms with Gasteiger partial charge in [0.25, 0.3) is 0 Å². The number of hydrogen-bond acceptors (Lipinski definition) is 4. The molecule has 1 N–H and O–H groups in total. The number of amides is 2. The van der Waals surface area contributed by atoms with Gasteiger partial charge < -0.3 is 10.1 Å². The van der Waals surface area contributed by atoms with E-state index in [9.17, 15) is 9.59 Å². The Bertz CT molecular complexity index is 838. The summed E-state index contributed by atoms with van der Waals surface area (Å²) in [7, 11) is 0. The van der Waals surface area contributed by atoms with Gasteiger partial charge in [0, 0.05) is 5.70 Å². The lowest BCUT2D eigenvalue weighted by molar-refractivity contribution is -0.143. The molecule has 2 aromatic rings. The average molecular weight is 370 g/mol. The van der Waals surface area contributed by atoms with Gasteiger partial charge in [-0.15, -0.1) is 0 Å². The van der Waals surface area contributed by atoms with Gasteiger partial charge in [-0.3, -0.25) is 4.90 Å². The van der Waals surface area contributed by atoms with E-state index in [1.165, 1.54) is 16.2 Å². The van der Waals surface area contributed by atoms with Crippen LogP contribution in [0, 0.1) is 6.92 Å². The van der Waals surface area contributed by atoms with Gasteiger partial charge >= 0.3 is 12.0 Å². The van der Waals surface area contributed by atoms with Gasteiger partial charge in [0.2, 0.25) is 0 Å². The van der Waals surface area contributed by atoms with Crippen LogP contribution in [0.5, 0.6) is 0 Å². The predicted octanol–water partition coefficient (Wildman–Crippen LogP) is 4.55. The highest BCUT2D eigenvalue weighted by Crippen LogP contribution is 2.35. The molecule has 0 fully saturated rings. The summed E-state index contributed by atoms with van der Waals surface area (Å²) in [5.74, 6) is -0.411. The van der Waals surface area contributed by atoms with Crippen LogP contribution in [0.15, 0.2) is 52.4 Å². The number of nitrogens with one attached hydrogen (secondary N) is 1. The Labute approximate surface area is 157 Å². The van der Waals surface area contributed by atoms with Gasteiger partial charge in [0.15, 0.2) is 0 Å². The lowest BCUT2D eigenvalue weighted by atomic mass is 9.96. The third kappa shape index (κ3) is 3.51. The fraction of sp³-hybridized carbons (Fsp3) is 0.300. The Hall–Kier alpha value is -2.60. The van der Waals surface area contributed by atoms with Crippen LogP contribution < -0.4 is 10.2 Å². The minimum Gasteiger partial charge on any atom is -0.459 e. The molecule has 0 spiro atoms. The quantitative estimate of drug-likeness (QED) is 0.803. The molecule has 2 amide bonds. The fourth-order valence-corrected chi connectivity index (χ4v) is 3.67. The molecule has 1 aliphatic rings. The summed E-state index contributed by atoms with van der Waals surface area (Å²) in [5.41, 5.74) is 3.73. The van der Waals surface area contributed by atoms with Gasteiger partial charge in [0.05, 0.1) is 23.4 Å². The first-order valence-electron chi connectivity index (χ1n) is 8.49. The van der Waals surface area contributed by atoms with E-state index in [-0.39, 0.29) is 12.1 Å². The minimum atomic E-state index is -0.512. The maximum Gasteiger partial charge on any atom is 0.338 e. The van der Waals surface area contributed by atoms with Crippen molar-refractivity contribution in [3.05, 3.63) is 63.5 Å². The van der Waals surface area contributed by atoms with Crippen molar-refractivity contribution < 1.29 is 14.3 Å². The first-order valence-corrected chi connectivity index (χ1v) is 9.44. The Balaban J connectivity index is 2.10. The van der Waals surface area contributed by atoms with Gasteiger partial charge in [-0.25, -0.2) is 9.59 Å². The van der Waals surface area contributed by atoms with Crippen molar-refractivity contribution in [3.8, 4) is 0 Å². The van der Waals surface area contributed by atoms with Crippen molar-refractivity contribution >= 4 is 29.0 Å². The molecule has 1 aromatic carbocycles. The summed E-state index contributed by atoms with van der Waals surface area (Å²) in [4.78, 5) is 27.2. The molecule has 6 heteroatoms. The van der Waals surface area contributed by atoms with Crippen molar-refractivity contribution in [3.63, 3.8) is 0 Å². The van der Waals surface area contributed by atoms with Crippen molar-refractivity contribution in [1.29, 1.82) is 0 Å². The lowest BCUT2D eigenvalue weighted by Crippen LogP contribution is -2.48. The molecule has 136 valence electrons. The number of ether oxygens (including phenoxy) is 1. The molecule has 0 saturated heterocycles. The molecule has 1 atom stereocenters. The number of benzene rings is 1. The number of rotatable bonds is 4. The third-order valence-electron chi connectivity index (χ3n) is 4.22. The summed E-state index contributed by atoms with van der Waals surface area (Å²) >= 11 is 1.52. The van der Waals surface area contributed by atoms with Crippen LogP contribution in [0.2, 0.25) is 0 Å². The smallest absolute Gasteiger partial charge is 0.338 e. The highest BCUT2D eigenvalue weighted by atomic mass is 32.1. The van der Waals surface area contributed by atoms with Crippen molar-refractivity contribution in [2.45, 2.75) is 39.8 Å². The van der Waals surface area contributed by atoms with Gasteiger partial charge in [-0.2, -0.15) is 11.3 Å². The molecular weight excluding hydrogens is 348 g/mol. The van der Waals surface area contributed by atoms with Crippen molar-refractivity contribution in [2.24, 2.45) is 0 Å². The molecule has 2 heterocycles. The zero-order valence-corrected chi connectivity index (χ0v) is 16.1. The van der Waals surface area contributed by atoms with E-state index in [1.807, 2.05) is 61.9 Å². The maximum absolute atomic E-state index is 12.8. The number of carbonyl (C=O) groups excluding carboxylic acids is 2. The summed E-state index contributed by atoms with van der Waals surface area (Å²) in [5, 5.41) is 6.81. The summed E-state index contributed by atoms with van der Waals surface area (Å²) in [6.45, 7) is 7.40. The highest BCUT2D eigenvalue weighted by Gasteiger charge is 2.37. The molecule has 0 radical (unpaired) electrons. The lowest BCUT2D eigenvalue weighted by Gasteiger charge is -2.35. The highest BCUT2D eigenvalue weighted by molar-refractivity contribution is 7.08. The summed E-state index contributed by atoms with van der Waals surface area (Å²) in [6.07, 6.45) is -0.239. The second-order valence-corrected chi connectivity index (χ2v) is 7.34. The number of urea groups is 1. The third-order valence-corrected chi connectivity index (χ3v) is 4.92. The van der Waals surface area contributed by atoms with E-state index < -0.39 is 12.0 Å². The molecule has 0 aliphatic carbocycles. The molecule has 5 nitrogen and oxygen atoms in total. The van der Waals surface area contributed by atoms with Gasteiger partial charge in [-0.1, -0.05) is 17.7 Å². The molecule has 1 aromatic heterocycles. The molecular formula is C20H22N2O3S. The van der Waals surface area contributed by atoms with Crippen molar-refractivity contribution in [1.82, 2.24) is 5.32 Å². The van der Waals surface area contributed by atoms with Crippen LogP contribution in [0.4, 0.5) is 10.5 Å². The predicted molar refractivity (Wildman–Crippen MR) is 103 cm³/mol. The Morgan fingerprint density at radius 2 is 1.88 bits per heavy atom. The topological polar surface area (TPSA) is 58.6 Å². The average Bonchev–Trinajstić information content (AvgIpc) is 3.09. The molecule has 1 aliphatic heterocycles. The first-order chi connectivity index (χ1) is 12.4. The van der Waals surface area contributed by atoms with Crippen LogP contribution >= 0.6 is 11.3 Å². The van der Waals surface area contributed by atoms with Crippen LogP contribution in [-0.4, -0.2) is 18.1 Å². The second-order valence-electron chi connectivity index (χ2n) is 6.56. The zero-order valence-electron chi connectivity index (χ0n) is 15.3. The first kappa shape index (κ1) is 18.2. The number of allylic oxidation sites excluding steroid dienone is 1. The van der Waals surface area contributed by atoms with Crippen LogP contribution in [-0.2, 0) is 9.53 Å². The van der Waals surface area contributed by atoms with Crippen LogP contribution in [0.1, 0.15) is 37.9 Å². The number of anilines is 1. The molecule has 0 unspecified atom stereocenters. The second kappa shape index (κ2) is 7.33. The SMILES string of the molecule is CC1=C(C(=O)OC(C)C)[C@H](c2ccsc2)NC(=O)N1c1ccc(C)cc1. The Morgan fingerprint density at radius 3 is 2.46 bits per heavy atom. The zero-order chi connectivity index (χ0) is 18.8. The minimum absolute atomic E-state index is 0.239. The van der Waals surface area contributed by atoms with E-state index in [4.69, 9.17) is 4.74 Å². The number of carbonyl (C=O) groups is 2. The van der Waals surface area contributed by atoms with Crippen LogP contribution in [0.25, 0.3) is 0 Å². The molecule has 0 saturated carbocycles. The van der Waals surface area contributed by atoms with E-state index in [1.54, 1.807) is 6.92 Å².